The molecule has 1 fully saturated rings. The summed E-state index contributed by atoms with van der Waals surface area (Å²) in [5.41, 5.74) is 0.938. The number of aromatic nitrogens is 1. The molecule has 2 aromatic rings. The number of halogens is 4. The molecule has 6 nitrogen and oxygen atoms in total. The first kappa shape index (κ1) is 25.2. The van der Waals surface area contributed by atoms with E-state index in [1.165, 1.54) is 6.07 Å². The van der Waals surface area contributed by atoms with E-state index in [0.717, 1.165) is 49.7 Å². The van der Waals surface area contributed by atoms with Crippen LogP contribution in [0.3, 0.4) is 0 Å². The molecular weight excluding hydrogens is 520 g/mol. The van der Waals surface area contributed by atoms with Crippen molar-refractivity contribution >= 4 is 35.8 Å². The van der Waals surface area contributed by atoms with Crippen molar-refractivity contribution in [3.63, 3.8) is 0 Å². The van der Waals surface area contributed by atoms with Gasteiger partial charge >= 0.3 is 6.18 Å². The van der Waals surface area contributed by atoms with E-state index < -0.39 is 11.7 Å². The molecule has 2 heterocycles. The Labute approximate surface area is 198 Å². The average Bonchev–Trinajstić information content (AvgIpc) is 2.74. The van der Waals surface area contributed by atoms with Crippen LogP contribution in [-0.4, -0.2) is 56.1 Å². The van der Waals surface area contributed by atoms with Gasteiger partial charge in [-0.15, -0.1) is 24.0 Å². The van der Waals surface area contributed by atoms with Crippen molar-refractivity contribution in [1.29, 1.82) is 0 Å². The highest BCUT2D eigenvalue weighted by molar-refractivity contribution is 14.0. The highest BCUT2D eigenvalue weighted by Gasteiger charge is 2.30. The number of alkyl halides is 3. The first-order valence-electron chi connectivity index (χ1n) is 9.84. The molecule has 0 unspecified atom stereocenters. The van der Waals surface area contributed by atoms with Crippen LogP contribution < -0.4 is 15.5 Å². The number of nitrogens with one attached hydrogen (secondary N) is 2. The summed E-state index contributed by atoms with van der Waals surface area (Å²) in [6, 6.07) is 9.27. The molecule has 1 aliphatic rings. The Hall–Kier alpha value is -2.08. The molecule has 1 aliphatic heterocycles. The number of aliphatic imine (C=N–C) groups is 1. The quantitative estimate of drug-likeness (QED) is 0.341. The van der Waals surface area contributed by atoms with Crippen LogP contribution >= 0.6 is 24.0 Å². The van der Waals surface area contributed by atoms with E-state index in [0.29, 0.717) is 18.1 Å². The number of pyridine rings is 1. The van der Waals surface area contributed by atoms with E-state index in [1.807, 2.05) is 6.07 Å². The summed E-state index contributed by atoms with van der Waals surface area (Å²) in [7, 11) is 3.74. The first-order valence-corrected chi connectivity index (χ1v) is 9.84. The number of benzene rings is 1. The van der Waals surface area contributed by atoms with Gasteiger partial charge in [-0.1, -0.05) is 12.1 Å². The Balaban J connectivity index is 0.00000341. The summed E-state index contributed by atoms with van der Waals surface area (Å²) in [5, 5.41) is 6.26. The number of guanidine groups is 1. The molecule has 0 amide bonds. The number of piperazine rings is 1. The largest absolute Gasteiger partial charge is 0.416 e. The van der Waals surface area contributed by atoms with Gasteiger partial charge in [-0.05, 0) is 42.4 Å². The van der Waals surface area contributed by atoms with Crippen molar-refractivity contribution in [2.75, 3.05) is 45.2 Å². The Morgan fingerprint density at radius 2 is 1.68 bits per heavy atom. The second-order valence-corrected chi connectivity index (χ2v) is 7.29. The molecule has 0 bridgehead atoms. The number of rotatable bonds is 5. The molecule has 170 valence electrons. The summed E-state index contributed by atoms with van der Waals surface area (Å²) in [6.45, 7) is 4.69. The zero-order valence-electron chi connectivity index (χ0n) is 17.6. The van der Waals surface area contributed by atoms with Gasteiger partial charge in [0.05, 0.1) is 5.56 Å². The third-order valence-corrected chi connectivity index (χ3v) is 5.04. The van der Waals surface area contributed by atoms with Crippen molar-refractivity contribution in [2.45, 2.75) is 19.3 Å². The normalized spacial score (nSPS) is 15.4. The Bertz CT molecular complexity index is 866. The topological polar surface area (TPSA) is 55.8 Å². The predicted octanol–water partition coefficient (Wildman–Crippen LogP) is 3.34. The maximum Gasteiger partial charge on any atom is 0.416 e. The molecular formula is C21H28F3IN6. The Kier molecular flexibility index (Phi) is 9.35. The summed E-state index contributed by atoms with van der Waals surface area (Å²) < 4.78 is 38.6. The molecule has 2 N–H and O–H groups in total. The number of nitrogens with zero attached hydrogens (tertiary/aromatic N) is 4. The smallest absolute Gasteiger partial charge is 0.354 e. The van der Waals surface area contributed by atoms with E-state index in [2.05, 4.69) is 43.5 Å². The van der Waals surface area contributed by atoms with Crippen LogP contribution in [0, 0.1) is 0 Å². The first-order chi connectivity index (χ1) is 14.3. The van der Waals surface area contributed by atoms with E-state index in [1.54, 1.807) is 19.3 Å². The van der Waals surface area contributed by atoms with Gasteiger partial charge in [-0.25, -0.2) is 4.98 Å². The lowest BCUT2D eigenvalue weighted by Gasteiger charge is -2.33. The zero-order chi connectivity index (χ0) is 21.6. The highest BCUT2D eigenvalue weighted by atomic mass is 127. The maximum absolute atomic E-state index is 12.9. The molecule has 0 aliphatic carbocycles. The number of likely N-dealkylation sites (N-methyl/N-ethyl adjacent to an activating group) is 1. The van der Waals surface area contributed by atoms with Crippen LogP contribution in [0.15, 0.2) is 47.6 Å². The van der Waals surface area contributed by atoms with Crippen molar-refractivity contribution in [3.05, 3.63) is 59.3 Å². The average molecular weight is 548 g/mol. The molecule has 10 heteroatoms. The summed E-state index contributed by atoms with van der Waals surface area (Å²) in [6.07, 6.45) is -2.55. The van der Waals surface area contributed by atoms with Gasteiger partial charge in [0.25, 0.3) is 0 Å². The lowest BCUT2D eigenvalue weighted by atomic mass is 10.1. The highest BCUT2D eigenvalue weighted by Crippen LogP contribution is 2.29. The van der Waals surface area contributed by atoms with Crippen LogP contribution in [0.25, 0.3) is 0 Å². The van der Waals surface area contributed by atoms with Crippen molar-refractivity contribution in [2.24, 2.45) is 4.99 Å². The van der Waals surface area contributed by atoms with E-state index >= 15 is 0 Å². The minimum atomic E-state index is -4.35. The molecule has 0 atom stereocenters. The zero-order valence-corrected chi connectivity index (χ0v) is 19.9. The number of hydrogen-bond acceptors (Lipinski definition) is 4. The molecule has 1 saturated heterocycles. The van der Waals surface area contributed by atoms with Crippen LogP contribution in [0.4, 0.5) is 19.0 Å². The minimum Gasteiger partial charge on any atom is -0.354 e. The van der Waals surface area contributed by atoms with Crippen molar-refractivity contribution in [1.82, 2.24) is 20.5 Å². The predicted molar refractivity (Wildman–Crippen MR) is 128 cm³/mol. The fourth-order valence-corrected chi connectivity index (χ4v) is 3.23. The second kappa shape index (κ2) is 11.5. The molecule has 0 spiro atoms. The van der Waals surface area contributed by atoms with Gasteiger partial charge in [0, 0.05) is 52.5 Å². The van der Waals surface area contributed by atoms with Gasteiger partial charge in [0.15, 0.2) is 5.96 Å². The van der Waals surface area contributed by atoms with Crippen LogP contribution in [-0.2, 0) is 19.3 Å². The van der Waals surface area contributed by atoms with Gasteiger partial charge < -0.3 is 20.4 Å². The SMILES string of the molecule is CN=C(NCc1cccc(C(F)(F)F)c1)NCc1ccnc(N2CCN(C)CC2)c1.I. The van der Waals surface area contributed by atoms with E-state index in [4.69, 9.17) is 0 Å². The number of hydrogen-bond donors (Lipinski definition) is 2. The van der Waals surface area contributed by atoms with Gasteiger partial charge in [-0.2, -0.15) is 13.2 Å². The summed E-state index contributed by atoms with van der Waals surface area (Å²) in [5.74, 6) is 1.47. The molecule has 1 aromatic carbocycles. The van der Waals surface area contributed by atoms with Gasteiger partial charge in [0.1, 0.15) is 5.82 Å². The van der Waals surface area contributed by atoms with Gasteiger partial charge in [0.2, 0.25) is 0 Å². The Morgan fingerprint density at radius 1 is 1.03 bits per heavy atom. The lowest BCUT2D eigenvalue weighted by molar-refractivity contribution is -0.137. The second-order valence-electron chi connectivity index (χ2n) is 7.29. The molecule has 0 radical (unpaired) electrons. The lowest BCUT2D eigenvalue weighted by Crippen LogP contribution is -2.44. The minimum absolute atomic E-state index is 0. The van der Waals surface area contributed by atoms with E-state index in [-0.39, 0.29) is 30.5 Å². The maximum atomic E-state index is 12.9. The third-order valence-electron chi connectivity index (χ3n) is 5.04. The third kappa shape index (κ3) is 7.53. The van der Waals surface area contributed by atoms with Crippen LogP contribution in [0.1, 0.15) is 16.7 Å². The van der Waals surface area contributed by atoms with Crippen LogP contribution in [0.2, 0.25) is 0 Å². The summed E-state index contributed by atoms with van der Waals surface area (Å²) >= 11 is 0. The molecule has 31 heavy (non-hydrogen) atoms. The monoisotopic (exact) mass is 548 g/mol. The van der Waals surface area contributed by atoms with Crippen LogP contribution in [0.5, 0.6) is 0 Å². The van der Waals surface area contributed by atoms with Crippen molar-refractivity contribution in [3.8, 4) is 0 Å². The number of anilines is 1. The van der Waals surface area contributed by atoms with E-state index in [9.17, 15) is 13.2 Å². The standard InChI is InChI=1S/C21H27F3N6.HI/c1-25-20(27-14-16-4-3-5-18(12-16)21(22,23)24)28-15-17-6-7-26-19(13-17)30-10-8-29(2)9-11-30;/h3-7,12-13H,8-11,14-15H2,1-2H3,(H2,25,27,28);1H. The summed E-state index contributed by atoms with van der Waals surface area (Å²) in [4.78, 5) is 13.2. The molecule has 1 aromatic heterocycles. The fourth-order valence-electron chi connectivity index (χ4n) is 3.23. The Morgan fingerprint density at radius 3 is 2.29 bits per heavy atom. The fraction of sp³-hybridized carbons (Fsp3) is 0.429. The molecule has 3 rings (SSSR count). The van der Waals surface area contributed by atoms with Crippen molar-refractivity contribution < 1.29 is 13.2 Å². The van der Waals surface area contributed by atoms with Gasteiger partial charge in [-0.3, -0.25) is 4.99 Å². The molecule has 0 saturated carbocycles.